The minimum atomic E-state index is -3.91. The van der Waals surface area contributed by atoms with Gasteiger partial charge >= 0.3 is 16.2 Å². The largest absolute Gasteiger partial charge is 0.430 e. The first kappa shape index (κ1) is 21.4. The summed E-state index contributed by atoms with van der Waals surface area (Å²) in [5, 5.41) is 0. The molecule has 2 aromatic rings. The highest BCUT2D eigenvalue weighted by Gasteiger charge is 2.27. The number of halogens is 1. The molecule has 0 spiro atoms. The van der Waals surface area contributed by atoms with Crippen molar-refractivity contribution in [3.05, 3.63) is 59.7 Å². The van der Waals surface area contributed by atoms with Gasteiger partial charge in [-0.3, -0.25) is 0 Å². The third kappa shape index (κ3) is 5.62. The number of amides is 1. The minimum absolute atomic E-state index is 0.0884. The molecule has 0 bridgehead atoms. The predicted octanol–water partition coefficient (Wildman–Crippen LogP) is 3.86. The van der Waals surface area contributed by atoms with Crippen LogP contribution in [0.5, 0.6) is 5.75 Å². The molecule has 1 fully saturated rings. The van der Waals surface area contributed by atoms with Crippen molar-refractivity contribution < 1.29 is 26.9 Å². The lowest BCUT2D eigenvalue weighted by molar-refractivity contribution is -0.0296. The van der Waals surface area contributed by atoms with Crippen LogP contribution in [0.4, 0.5) is 4.79 Å². The van der Waals surface area contributed by atoms with Gasteiger partial charge < -0.3 is 18.6 Å². The first-order valence-corrected chi connectivity index (χ1v) is 10.9. The maximum Gasteiger partial charge on any atom is 0.411 e. The summed E-state index contributed by atoms with van der Waals surface area (Å²) >= 11 is 5.70. The van der Waals surface area contributed by atoms with Gasteiger partial charge in [0.15, 0.2) is 5.56 Å². The lowest BCUT2D eigenvalue weighted by Crippen LogP contribution is -2.43. The Morgan fingerprint density at radius 2 is 1.83 bits per heavy atom. The molecule has 1 saturated heterocycles. The number of aryl methyl sites for hydroxylation is 1. The molecule has 29 heavy (non-hydrogen) atoms. The minimum Gasteiger partial charge on any atom is -0.430 e. The Hall–Kier alpha value is -2.29. The van der Waals surface area contributed by atoms with Gasteiger partial charge in [-0.25, -0.2) is 4.79 Å². The van der Waals surface area contributed by atoms with Gasteiger partial charge in [0.2, 0.25) is 0 Å². The van der Waals surface area contributed by atoms with Crippen LogP contribution in [0.2, 0.25) is 0 Å². The summed E-state index contributed by atoms with van der Waals surface area (Å²) in [4.78, 5) is 13.6. The number of ether oxygens (including phenoxy) is 2. The van der Waals surface area contributed by atoms with Crippen LogP contribution in [0, 0.1) is 6.92 Å². The molecule has 1 aliphatic rings. The third-order valence-electron chi connectivity index (χ3n) is 4.36. The van der Waals surface area contributed by atoms with Crippen molar-refractivity contribution in [2.75, 3.05) is 19.7 Å². The Morgan fingerprint density at radius 3 is 2.45 bits per heavy atom. The molecule has 0 N–H and O–H groups in total. The second-order valence-electron chi connectivity index (χ2n) is 6.65. The molecule has 1 aliphatic heterocycles. The summed E-state index contributed by atoms with van der Waals surface area (Å²) < 4.78 is 40.7. The normalized spacial score (nSPS) is 18.2. The Bertz CT molecular complexity index is 944. The van der Waals surface area contributed by atoms with Crippen molar-refractivity contribution in [2.45, 2.75) is 30.4 Å². The van der Waals surface area contributed by atoms with Gasteiger partial charge in [-0.2, -0.15) is 8.42 Å². The number of rotatable bonds is 5. The average molecular weight is 440 g/mol. The Balaban J connectivity index is 1.66. The standard InChI is InChI=1S/C20H22ClNO6S/c1-14-3-9-18(10-4-14)29(24,25)28-17-7-5-16(6-8-17)19-13-22(11-12-26-19)20(23)27-15(2)21/h3-10,15,19H,11-13H2,1-2H3/t15?,19-/m0/s1. The molecule has 0 aromatic heterocycles. The third-order valence-corrected chi connectivity index (χ3v) is 5.71. The summed E-state index contributed by atoms with van der Waals surface area (Å²) in [7, 11) is -3.91. The van der Waals surface area contributed by atoms with Crippen LogP contribution in [0.3, 0.4) is 0 Å². The van der Waals surface area contributed by atoms with Gasteiger partial charge in [-0.1, -0.05) is 41.4 Å². The van der Waals surface area contributed by atoms with Crippen LogP contribution in [0.15, 0.2) is 53.4 Å². The van der Waals surface area contributed by atoms with E-state index in [2.05, 4.69) is 0 Å². The molecule has 9 heteroatoms. The molecule has 7 nitrogen and oxygen atoms in total. The van der Waals surface area contributed by atoms with E-state index in [0.717, 1.165) is 11.1 Å². The quantitative estimate of drug-likeness (QED) is 0.519. The molecule has 156 valence electrons. The highest BCUT2D eigenvalue weighted by atomic mass is 35.5. The van der Waals surface area contributed by atoms with Crippen LogP contribution in [-0.2, 0) is 19.6 Å². The molecular formula is C20H22ClNO6S. The van der Waals surface area contributed by atoms with Gasteiger partial charge in [0, 0.05) is 6.54 Å². The molecule has 2 aromatic carbocycles. The van der Waals surface area contributed by atoms with E-state index in [0.29, 0.717) is 19.7 Å². The van der Waals surface area contributed by atoms with Crippen LogP contribution in [-0.4, -0.2) is 44.7 Å². The zero-order chi connectivity index (χ0) is 21.0. The van der Waals surface area contributed by atoms with Crippen LogP contribution in [0.25, 0.3) is 0 Å². The second kappa shape index (κ2) is 9.02. The number of hydrogen-bond donors (Lipinski definition) is 0. The Morgan fingerprint density at radius 1 is 1.17 bits per heavy atom. The summed E-state index contributed by atoms with van der Waals surface area (Å²) in [6.45, 7) is 4.52. The molecule has 1 heterocycles. The zero-order valence-electron chi connectivity index (χ0n) is 16.1. The maximum atomic E-state index is 12.4. The van der Waals surface area contributed by atoms with E-state index in [1.165, 1.54) is 17.0 Å². The lowest BCUT2D eigenvalue weighted by Gasteiger charge is -2.32. The first-order chi connectivity index (χ1) is 13.7. The van der Waals surface area contributed by atoms with Crippen molar-refractivity contribution in [3.63, 3.8) is 0 Å². The molecule has 0 saturated carbocycles. The molecule has 1 unspecified atom stereocenters. The van der Waals surface area contributed by atoms with Gasteiger partial charge in [-0.15, -0.1) is 0 Å². The summed E-state index contributed by atoms with van der Waals surface area (Å²) in [6, 6.07) is 13.0. The number of alkyl halides is 1. The molecular weight excluding hydrogens is 418 g/mol. The number of hydrogen-bond acceptors (Lipinski definition) is 6. The first-order valence-electron chi connectivity index (χ1n) is 9.07. The van der Waals surface area contributed by atoms with E-state index in [1.807, 2.05) is 6.92 Å². The van der Waals surface area contributed by atoms with Gasteiger partial charge in [0.05, 0.1) is 13.2 Å². The van der Waals surface area contributed by atoms with Crippen molar-refractivity contribution in [3.8, 4) is 5.75 Å². The summed E-state index contributed by atoms with van der Waals surface area (Å²) in [5.74, 6) is 0.192. The fourth-order valence-electron chi connectivity index (χ4n) is 2.85. The van der Waals surface area contributed by atoms with Crippen molar-refractivity contribution in [1.29, 1.82) is 0 Å². The number of carbonyl (C=O) groups excluding carboxylic acids is 1. The van der Waals surface area contributed by atoms with Crippen molar-refractivity contribution in [1.82, 2.24) is 4.90 Å². The average Bonchev–Trinajstić information content (AvgIpc) is 2.68. The van der Waals surface area contributed by atoms with Gasteiger partial charge in [0.1, 0.15) is 16.7 Å². The topological polar surface area (TPSA) is 82.1 Å². The van der Waals surface area contributed by atoms with E-state index < -0.39 is 21.8 Å². The number of nitrogens with zero attached hydrogens (tertiary/aromatic N) is 1. The highest BCUT2D eigenvalue weighted by Crippen LogP contribution is 2.26. The molecule has 2 atom stereocenters. The lowest BCUT2D eigenvalue weighted by atomic mass is 10.1. The maximum absolute atomic E-state index is 12.4. The Kier molecular flexibility index (Phi) is 6.66. The number of benzene rings is 2. The SMILES string of the molecule is Cc1ccc(S(=O)(=O)Oc2ccc([C@@H]3CN(C(=O)OC(C)Cl)CCO3)cc2)cc1. The van der Waals surface area contributed by atoms with E-state index in [1.54, 1.807) is 43.3 Å². The fraction of sp³-hybridized carbons (Fsp3) is 0.350. The van der Waals surface area contributed by atoms with Gasteiger partial charge in [0.25, 0.3) is 0 Å². The van der Waals surface area contributed by atoms with Crippen LogP contribution < -0.4 is 4.18 Å². The molecule has 1 amide bonds. The van der Waals surface area contributed by atoms with Crippen LogP contribution in [0.1, 0.15) is 24.2 Å². The van der Waals surface area contributed by atoms with Crippen molar-refractivity contribution >= 4 is 27.8 Å². The van der Waals surface area contributed by atoms with E-state index >= 15 is 0 Å². The van der Waals surface area contributed by atoms with Gasteiger partial charge in [-0.05, 0) is 43.7 Å². The fourth-order valence-corrected chi connectivity index (χ4v) is 3.85. The van der Waals surface area contributed by atoms with Crippen LogP contribution >= 0.6 is 11.6 Å². The van der Waals surface area contributed by atoms with Crippen molar-refractivity contribution in [2.24, 2.45) is 0 Å². The van der Waals surface area contributed by atoms with E-state index in [-0.39, 0.29) is 16.7 Å². The monoisotopic (exact) mass is 439 g/mol. The zero-order valence-corrected chi connectivity index (χ0v) is 17.7. The number of carbonyl (C=O) groups is 1. The van der Waals surface area contributed by atoms with E-state index in [4.69, 9.17) is 25.3 Å². The highest BCUT2D eigenvalue weighted by molar-refractivity contribution is 7.87. The smallest absolute Gasteiger partial charge is 0.411 e. The number of morpholine rings is 1. The molecule has 0 radical (unpaired) electrons. The molecule has 3 rings (SSSR count). The van der Waals surface area contributed by atoms with E-state index in [9.17, 15) is 13.2 Å². The summed E-state index contributed by atoms with van der Waals surface area (Å²) in [6.07, 6.45) is -0.852. The second-order valence-corrected chi connectivity index (χ2v) is 8.81. The predicted molar refractivity (Wildman–Crippen MR) is 107 cm³/mol. The Labute approximate surface area is 175 Å². The summed E-state index contributed by atoms with van der Waals surface area (Å²) in [5.41, 5.74) is 1.04. The molecule has 0 aliphatic carbocycles.